The fourth-order valence-corrected chi connectivity index (χ4v) is 1.99. The van der Waals surface area contributed by atoms with Gasteiger partial charge in [-0.1, -0.05) is 6.07 Å². The number of fused-ring (bicyclic) bond motifs is 1. The van der Waals surface area contributed by atoms with Gasteiger partial charge in [0.05, 0.1) is 6.20 Å². The van der Waals surface area contributed by atoms with Gasteiger partial charge in [0.2, 0.25) is 0 Å². The van der Waals surface area contributed by atoms with Crippen LogP contribution < -0.4 is 4.74 Å². The molecule has 3 rings (SSSR count). The first-order valence-electron chi connectivity index (χ1n) is 5.36. The lowest BCUT2D eigenvalue weighted by Gasteiger charge is -2.07. The van der Waals surface area contributed by atoms with Crippen LogP contribution in [0.1, 0.15) is 22.9 Å². The van der Waals surface area contributed by atoms with Gasteiger partial charge < -0.3 is 9.84 Å². The summed E-state index contributed by atoms with van der Waals surface area (Å²) >= 11 is 0. The van der Waals surface area contributed by atoms with Crippen LogP contribution >= 0.6 is 0 Å². The van der Waals surface area contributed by atoms with E-state index in [1.54, 1.807) is 6.20 Å². The summed E-state index contributed by atoms with van der Waals surface area (Å²) in [5, 5.41) is 17.7. The largest absolute Gasteiger partial charge is 0.507 e. The average molecular weight is 229 g/mol. The minimum absolute atomic E-state index is 0.209. The number of aryl methyl sites for hydroxylation is 1. The summed E-state index contributed by atoms with van der Waals surface area (Å²) in [7, 11) is 0. The molecule has 5 nitrogen and oxygen atoms in total. The molecule has 0 saturated carbocycles. The maximum atomic E-state index is 9.95. The number of rotatable bonds is 1. The van der Waals surface area contributed by atoms with E-state index in [-0.39, 0.29) is 6.10 Å². The van der Waals surface area contributed by atoms with E-state index < -0.39 is 0 Å². The molecular weight excluding hydrogens is 218 g/mol. The number of hydrogen-bond donors (Lipinski definition) is 1. The third-order valence-electron chi connectivity index (χ3n) is 2.93. The first-order valence-corrected chi connectivity index (χ1v) is 5.36. The fourth-order valence-electron chi connectivity index (χ4n) is 1.99. The lowest BCUT2D eigenvalue weighted by molar-refractivity contribution is 0.231. The first-order chi connectivity index (χ1) is 8.25. The van der Waals surface area contributed by atoms with Crippen LogP contribution in [0.4, 0.5) is 0 Å². The molecule has 1 aliphatic rings. The van der Waals surface area contributed by atoms with Crippen LogP contribution in [-0.4, -0.2) is 20.3 Å². The molecule has 0 aliphatic carbocycles. The molecule has 1 atom stereocenters. The van der Waals surface area contributed by atoms with Crippen molar-refractivity contribution in [2.24, 2.45) is 0 Å². The molecule has 0 spiro atoms. The second-order valence-electron chi connectivity index (χ2n) is 4.05. The Hall–Kier alpha value is -2.17. The fraction of sp³-hybridized carbons (Fsp3) is 0.250. The molecule has 1 N–H and O–H groups in total. The van der Waals surface area contributed by atoms with Gasteiger partial charge in [-0.05, 0) is 18.6 Å². The zero-order valence-corrected chi connectivity index (χ0v) is 9.29. The van der Waals surface area contributed by atoms with Crippen LogP contribution in [0.3, 0.4) is 0 Å². The first kappa shape index (κ1) is 10.0. The maximum absolute atomic E-state index is 9.95. The van der Waals surface area contributed by atoms with Crippen molar-refractivity contribution in [2.45, 2.75) is 19.4 Å². The molecule has 1 aliphatic heterocycles. The van der Waals surface area contributed by atoms with Crippen LogP contribution in [0, 0.1) is 6.92 Å². The molecule has 86 valence electrons. The monoisotopic (exact) mass is 229 g/mol. The Kier molecular flexibility index (Phi) is 2.18. The van der Waals surface area contributed by atoms with Gasteiger partial charge in [-0.2, -0.15) is 0 Å². The maximum Gasteiger partial charge on any atom is 0.148 e. The third kappa shape index (κ3) is 1.60. The van der Waals surface area contributed by atoms with E-state index in [2.05, 4.69) is 15.2 Å². The zero-order chi connectivity index (χ0) is 11.8. The molecular formula is C12H11N3O2. The minimum atomic E-state index is -0.209. The smallest absolute Gasteiger partial charge is 0.148 e. The molecule has 2 aromatic rings. The highest BCUT2D eigenvalue weighted by Gasteiger charge is 2.28. The molecule has 1 aromatic carbocycles. The Labute approximate surface area is 98.1 Å². The number of phenolic OH excluding ortho intramolecular Hbond substituents is 1. The van der Waals surface area contributed by atoms with Gasteiger partial charge >= 0.3 is 0 Å². The molecule has 1 aromatic heterocycles. The van der Waals surface area contributed by atoms with Crippen molar-refractivity contribution >= 4 is 0 Å². The standard InChI is InChI=1S/C12H11N3O2/c1-7-2-3-10-8(12(7)16)4-11(17-10)9-5-13-6-14-15-9/h2-3,5-6,11,16H,4H2,1H3. The molecule has 1 unspecified atom stereocenters. The van der Waals surface area contributed by atoms with E-state index >= 15 is 0 Å². The number of benzene rings is 1. The van der Waals surface area contributed by atoms with Crippen LogP contribution in [-0.2, 0) is 6.42 Å². The zero-order valence-electron chi connectivity index (χ0n) is 9.29. The van der Waals surface area contributed by atoms with E-state index in [0.29, 0.717) is 23.6 Å². The van der Waals surface area contributed by atoms with Crippen molar-refractivity contribution in [1.29, 1.82) is 0 Å². The number of aromatic nitrogens is 3. The molecule has 0 saturated heterocycles. The Morgan fingerprint density at radius 1 is 1.41 bits per heavy atom. The summed E-state index contributed by atoms with van der Waals surface area (Å²) in [6, 6.07) is 3.71. The molecule has 0 fully saturated rings. The lowest BCUT2D eigenvalue weighted by Crippen LogP contribution is -2.06. The van der Waals surface area contributed by atoms with Gasteiger partial charge in [0.25, 0.3) is 0 Å². The quantitative estimate of drug-likeness (QED) is 0.803. The second kappa shape index (κ2) is 3.69. The van der Waals surface area contributed by atoms with Crippen molar-refractivity contribution < 1.29 is 9.84 Å². The predicted molar refractivity (Wildman–Crippen MR) is 59.7 cm³/mol. The van der Waals surface area contributed by atoms with E-state index in [1.165, 1.54) is 6.33 Å². The third-order valence-corrected chi connectivity index (χ3v) is 2.93. The second-order valence-corrected chi connectivity index (χ2v) is 4.05. The number of ether oxygens (including phenoxy) is 1. The van der Waals surface area contributed by atoms with Gasteiger partial charge in [0, 0.05) is 12.0 Å². The summed E-state index contributed by atoms with van der Waals surface area (Å²) in [5.41, 5.74) is 2.37. The van der Waals surface area contributed by atoms with Crippen molar-refractivity contribution in [1.82, 2.24) is 15.2 Å². The average Bonchev–Trinajstić information content (AvgIpc) is 2.80. The van der Waals surface area contributed by atoms with E-state index in [9.17, 15) is 5.11 Å². The van der Waals surface area contributed by atoms with Gasteiger partial charge in [-0.15, -0.1) is 10.2 Å². The van der Waals surface area contributed by atoms with Crippen LogP contribution in [0.5, 0.6) is 11.5 Å². The molecule has 0 bridgehead atoms. The van der Waals surface area contributed by atoms with Gasteiger partial charge in [-0.25, -0.2) is 4.98 Å². The summed E-state index contributed by atoms with van der Waals surface area (Å²) in [5.74, 6) is 1.02. The van der Waals surface area contributed by atoms with Gasteiger partial charge in [-0.3, -0.25) is 0 Å². The van der Waals surface area contributed by atoms with E-state index in [1.807, 2.05) is 19.1 Å². The topological polar surface area (TPSA) is 68.1 Å². The molecule has 0 radical (unpaired) electrons. The summed E-state index contributed by atoms with van der Waals surface area (Å²) in [6.07, 6.45) is 3.41. The predicted octanol–water partition coefficient (Wildman–Crippen LogP) is 1.56. The lowest BCUT2D eigenvalue weighted by atomic mass is 10.0. The van der Waals surface area contributed by atoms with Crippen molar-refractivity contribution in [3.05, 3.63) is 41.5 Å². The molecule has 0 amide bonds. The highest BCUT2D eigenvalue weighted by molar-refractivity contribution is 5.51. The highest BCUT2D eigenvalue weighted by Crippen LogP contribution is 2.41. The normalized spacial score (nSPS) is 17.6. The number of phenols is 1. The molecule has 5 heteroatoms. The SMILES string of the molecule is Cc1ccc2c(c1O)CC(c1cncnn1)O2. The van der Waals surface area contributed by atoms with Gasteiger partial charge in [0.1, 0.15) is 29.6 Å². The summed E-state index contributed by atoms with van der Waals surface area (Å²) < 4.78 is 5.73. The Balaban J connectivity index is 1.96. The van der Waals surface area contributed by atoms with Crippen molar-refractivity contribution in [3.8, 4) is 11.5 Å². The minimum Gasteiger partial charge on any atom is -0.507 e. The van der Waals surface area contributed by atoms with Crippen molar-refractivity contribution in [2.75, 3.05) is 0 Å². The van der Waals surface area contributed by atoms with Gasteiger partial charge in [0.15, 0.2) is 0 Å². The number of aromatic hydroxyl groups is 1. The summed E-state index contributed by atoms with van der Waals surface area (Å²) in [4.78, 5) is 3.92. The number of hydrogen-bond acceptors (Lipinski definition) is 5. The van der Waals surface area contributed by atoms with Crippen LogP contribution in [0.2, 0.25) is 0 Å². The van der Waals surface area contributed by atoms with Crippen LogP contribution in [0.25, 0.3) is 0 Å². The molecule has 2 heterocycles. The van der Waals surface area contributed by atoms with E-state index in [4.69, 9.17) is 4.74 Å². The summed E-state index contributed by atoms with van der Waals surface area (Å²) in [6.45, 7) is 1.87. The molecule has 17 heavy (non-hydrogen) atoms. The highest BCUT2D eigenvalue weighted by atomic mass is 16.5. The van der Waals surface area contributed by atoms with Crippen LogP contribution in [0.15, 0.2) is 24.7 Å². The number of nitrogens with zero attached hydrogens (tertiary/aromatic N) is 3. The Morgan fingerprint density at radius 3 is 3.06 bits per heavy atom. The Morgan fingerprint density at radius 2 is 2.29 bits per heavy atom. The van der Waals surface area contributed by atoms with Crippen molar-refractivity contribution in [3.63, 3.8) is 0 Å². The van der Waals surface area contributed by atoms with E-state index in [0.717, 1.165) is 11.1 Å². The Bertz CT molecular complexity index is 557.